The Morgan fingerprint density at radius 3 is 2.54 bits per heavy atom. The molecule has 0 bridgehead atoms. The average Bonchev–Trinajstić information content (AvgIpc) is 3.93. The molecule has 4 amide bonds. The number of carbonyl (C=O) groups excluding carboxylic acids is 3. The zero-order valence-electron chi connectivity index (χ0n) is 30.1. The lowest BCUT2D eigenvalue weighted by molar-refractivity contribution is -0.144. The van der Waals surface area contributed by atoms with E-state index in [2.05, 4.69) is 20.0 Å². The lowest BCUT2D eigenvalue weighted by atomic mass is 9.98. The number of carbonyl (C=O) groups is 4. The number of hydrogen-bond donors (Lipinski definition) is 3. The number of halogens is 1. The molecule has 3 heterocycles. The van der Waals surface area contributed by atoms with Crippen molar-refractivity contribution in [2.45, 2.75) is 126 Å². The number of ether oxygens (including phenoxy) is 1. The van der Waals surface area contributed by atoms with Gasteiger partial charge in [0.05, 0.1) is 22.3 Å². The number of allylic oxidation sites excluding steroid dienone is 1. The third kappa shape index (κ3) is 7.30. The summed E-state index contributed by atoms with van der Waals surface area (Å²) in [4.78, 5) is 66.9. The number of nitrogens with zero attached hydrogens (tertiary/aromatic N) is 4. The molecule has 2 aliphatic carbocycles. The van der Waals surface area contributed by atoms with Crippen LogP contribution >= 0.6 is 0 Å². The Bertz CT molecular complexity index is 1930. The van der Waals surface area contributed by atoms with Crippen LogP contribution in [0, 0.1) is 18.7 Å². The van der Waals surface area contributed by atoms with Crippen LogP contribution in [-0.4, -0.2) is 97.7 Å². The molecule has 2 aromatic rings. The average molecular weight is 743 g/mol. The Hall–Kier alpha value is -4.34. The first-order valence-electron chi connectivity index (χ1n) is 17.8. The summed E-state index contributed by atoms with van der Waals surface area (Å²) in [6.07, 6.45) is 5.43. The first kappa shape index (κ1) is 37.4. The fourth-order valence-electron chi connectivity index (χ4n) is 7.29. The number of aromatic nitrogens is 2. The molecular weight excluding hydrogens is 695 g/mol. The van der Waals surface area contributed by atoms with Crippen molar-refractivity contribution in [3.8, 4) is 5.88 Å². The Kier molecular flexibility index (Phi) is 9.77. The van der Waals surface area contributed by atoms with Gasteiger partial charge in [0.2, 0.25) is 27.7 Å². The number of carboxylic acid groups (broad SMARTS) is 1. The maximum Gasteiger partial charge on any atom is 0.408 e. The molecule has 2 saturated carbocycles. The van der Waals surface area contributed by atoms with Gasteiger partial charge in [-0.15, -0.1) is 0 Å². The molecule has 3 N–H and O–H groups in total. The molecule has 6 rings (SSSR count). The lowest BCUT2D eigenvalue weighted by Crippen LogP contribution is -2.61. The Labute approximate surface area is 302 Å². The highest BCUT2D eigenvalue weighted by Crippen LogP contribution is 2.47. The van der Waals surface area contributed by atoms with E-state index < -0.39 is 79.6 Å². The molecule has 3 fully saturated rings. The van der Waals surface area contributed by atoms with Crippen LogP contribution in [0.5, 0.6) is 5.88 Å². The van der Waals surface area contributed by atoms with E-state index >= 15 is 0 Å². The highest BCUT2D eigenvalue weighted by molar-refractivity contribution is 7.91. The van der Waals surface area contributed by atoms with Crippen LogP contribution in [0.1, 0.15) is 91.2 Å². The molecule has 1 saturated heterocycles. The van der Waals surface area contributed by atoms with Crippen LogP contribution in [0.15, 0.2) is 30.4 Å². The third-order valence-electron chi connectivity index (χ3n) is 10.7. The summed E-state index contributed by atoms with van der Waals surface area (Å²) in [5, 5.41) is 13.2. The summed E-state index contributed by atoms with van der Waals surface area (Å²) in [6.45, 7) is 8.21. The highest BCUT2D eigenvalue weighted by Gasteiger charge is 2.63. The number of rotatable bonds is 6. The fourth-order valence-corrected chi connectivity index (χ4v) is 8.60. The predicted octanol–water partition coefficient (Wildman–Crippen LogP) is 3.97. The van der Waals surface area contributed by atoms with E-state index in [1.165, 1.54) is 23.1 Å². The number of benzene rings is 1. The molecular formula is C36H47FN6O8S. The van der Waals surface area contributed by atoms with Crippen LogP contribution in [0.4, 0.5) is 9.18 Å². The van der Waals surface area contributed by atoms with Gasteiger partial charge in [-0.3, -0.25) is 24.0 Å². The molecule has 1 aromatic carbocycles. The first-order chi connectivity index (χ1) is 24.3. The number of nitrogens with one attached hydrogen (secondary N) is 2. The summed E-state index contributed by atoms with van der Waals surface area (Å²) >= 11 is 0. The second-order valence-electron chi connectivity index (χ2n) is 15.8. The maximum atomic E-state index is 14.6. The van der Waals surface area contributed by atoms with Crippen molar-refractivity contribution in [1.29, 1.82) is 0 Å². The van der Waals surface area contributed by atoms with Gasteiger partial charge in [0.15, 0.2) is 0 Å². The molecule has 2 aliphatic heterocycles. The molecule has 4 aliphatic rings. The second-order valence-corrected chi connectivity index (χ2v) is 18.0. The van der Waals surface area contributed by atoms with Crippen LogP contribution in [0.25, 0.3) is 11.0 Å². The van der Waals surface area contributed by atoms with E-state index in [4.69, 9.17) is 4.74 Å². The number of fused-ring (bicyclic) bond motifs is 3. The summed E-state index contributed by atoms with van der Waals surface area (Å²) in [6, 6.07) is 1.64. The fraction of sp³-hybridized carbons (Fsp3) is 0.611. The van der Waals surface area contributed by atoms with Gasteiger partial charge in [-0.25, -0.2) is 27.6 Å². The van der Waals surface area contributed by atoms with Gasteiger partial charge in [-0.2, -0.15) is 0 Å². The minimum Gasteiger partial charge on any atom is -0.471 e. The van der Waals surface area contributed by atoms with E-state index in [-0.39, 0.29) is 37.2 Å². The monoisotopic (exact) mass is 742 g/mol. The van der Waals surface area contributed by atoms with Crippen molar-refractivity contribution in [3.05, 3.63) is 41.9 Å². The van der Waals surface area contributed by atoms with Crippen molar-refractivity contribution in [3.63, 3.8) is 0 Å². The third-order valence-corrected chi connectivity index (χ3v) is 12.9. The summed E-state index contributed by atoms with van der Waals surface area (Å²) in [5.41, 5.74) is -1.43. The van der Waals surface area contributed by atoms with E-state index in [0.29, 0.717) is 43.3 Å². The van der Waals surface area contributed by atoms with E-state index in [1.54, 1.807) is 34.6 Å². The van der Waals surface area contributed by atoms with Gasteiger partial charge in [0, 0.05) is 23.9 Å². The molecule has 0 radical (unpaired) electrons. The minimum absolute atomic E-state index is 0.0518. The molecule has 0 spiro atoms. The van der Waals surface area contributed by atoms with Gasteiger partial charge in [-0.1, -0.05) is 25.0 Å². The maximum absolute atomic E-state index is 14.6. The van der Waals surface area contributed by atoms with Gasteiger partial charge < -0.3 is 20.1 Å². The van der Waals surface area contributed by atoms with E-state index in [9.17, 15) is 37.1 Å². The van der Waals surface area contributed by atoms with Crippen molar-refractivity contribution in [2.75, 3.05) is 6.54 Å². The Morgan fingerprint density at radius 1 is 1.13 bits per heavy atom. The van der Waals surface area contributed by atoms with Crippen molar-refractivity contribution >= 4 is 44.9 Å². The van der Waals surface area contributed by atoms with Gasteiger partial charge in [-0.05, 0) is 85.3 Å². The molecule has 14 nitrogen and oxygen atoms in total. The zero-order chi connectivity index (χ0) is 37.8. The summed E-state index contributed by atoms with van der Waals surface area (Å²) in [5.74, 6) is -3.03. The van der Waals surface area contributed by atoms with Crippen LogP contribution < -0.4 is 14.8 Å². The number of aryl methyl sites for hydroxylation is 1. The van der Waals surface area contributed by atoms with Crippen LogP contribution in [0.3, 0.4) is 0 Å². The Morgan fingerprint density at radius 2 is 1.87 bits per heavy atom. The molecule has 16 heteroatoms. The number of hydrogen-bond acceptors (Lipinski definition) is 9. The van der Waals surface area contributed by atoms with Crippen molar-refractivity contribution in [1.82, 2.24) is 29.8 Å². The summed E-state index contributed by atoms with van der Waals surface area (Å²) < 4.78 is 47.7. The second kappa shape index (κ2) is 13.6. The summed E-state index contributed by atoms with van der Waals surface area (Å²) in [7, 11) is -4.02. The SMILES string of the molecule is Cc1nc2ccc(F)cc2nc1O[C@@H]1C[C@H]2C(=O)N[C@]3(C(=O)NS(=O)(=O)C4(C)CC4)C[C@H]3C=CCCCCC[C@H](N(C(=O)O)C(C)(C)C)C(=O)N2C1. The smallest absolute Gasteiger partial charge is 0.408 e. The van der Waals surface area contributed by atoms with E-state index in [1.807, 2.05) is 12.2 Å². The van der Waals surface area contributed by atoms with Crippen LogP contribution in [-0.2, 0) is 24.4 Å². The molecule has 5 atom stereocenters. The van der Waals surface area contributed by atoms with E-state index in [0.717, 1.165) is 11.3 Å². The topological polar surface area (TPSA) is 188 Å². The zero-order valence-corrected chi connectivity index (χ0v) is 31.0. The lowest BCUT2D eigenvalue weighted by Gasteiger charge is -2.41. The van der Waals surface area contributed by atoms with Crippen molar-refractivity contribution < 1.29 is 41.8 Å². The highest BCUT2D eigenvalue weighted by atomic mass is 32.2. The molecule has 52 heavy (non-hydrogen) atoms. The van der Waals surface area contributed by atoms with Crippen LogP contribution in [0.2, 0.25) is 0 Å². The largest absolute Gasteiger partial charge is 0.471 e. The normalized spacial score (nSPS) is 27.8. The molecule has 1 aromatic heterocycles. The van der Waals surface area contributed by atoms with Crippen molar-refractivity contribution in [2.24, 2.45) is 5.92 Å². The van der Waals surface area contributed by atoms with Gasteiger partial charge in [0.25, 0.3) is 5.91 Å². The Balaban J connectivity index is 1.35. The predicted molar refractivity (Wildman–Crippen MR) is 188 cm³/mol. The standard InChI is InChI=1S/C36H47FN6O8S/c1-21-30(39-26-17-23(37)13-14-25(26)38-21)51-24-18-28-29(44)40-36(32(46)41-52(49,50)35(5)15-16-35)19-22(36)11-9-7-6-8-10-12-27(31(45)42(28)20-24)43(33(47)48)34(2,3)4/h9,11,13-14,17,22,24,27-28H,6-8,10,12,15-16,18-20H2,1-5H3,(H,40,44)(H,41,46)(H,47,48)/t22-,24-,27+,28+,36-/m1/s1. The first-order valence-corrected chi connectivity index (χ1v) is 19.3. The number of amides is 4. The molecule has 0 unspecified atom stereocenters. The number of sulfonamides is 1. The quantitative estimate of drug-likeness (QED) is 0.366. The minimum atomic E-state index is -4.02. The van der Waals surface area contributed by atoms with Gasteiger partial charge in [0.1, 0.15) is 35.2 Å². The van der Waals surface area contributed by atoms with Gasteiger partial charge >= 0.3 is 6.09 Å². The molecule has 282 valence electrons.